The van der Waals surface area contributed by atoms with Gasteiger partial charge >= 0.3 is 7.12 Å². The first-order valence-electron chi connectivity index (χ1n) is 10.1. The lowest BCUT2D eigenvalue weighted by Gasteiger charge is -2.32. The second-order valence-corrected chi connectivity index (χ2v) is 11.3. The molecule has 0 radical (unpaired) electrons. The van der Waals surface area contributed by atoms with Crippen molar-refractivity contribution in [3.05, 3.63) is 62.8 Å². The summed E-state index contributed by atoms with van der Waals surface area (Å²) in [7, 11) is -0.385. The van der Waals surface area contributed by atoms with Gasteiger partial charge in [0.1, 0.15) is 0 Å². The monoisotopic (exact) mass is 528 g/mol. The van der Waals surface area contributed by atoms with Crippen LogP contribution in [0.1, 0.15) is 48.4 Å². The smallest absolute Gasteiger partial charge is 0.399 e. The van der Waals surface area contributed by atoms with E-state index in [1.54, 1.807) is 22.7 Å². The molecule has 4 nitrogen and oxygen atoms in total. The first kappa shape index (κ1) is 23.3. The first-order valence-corrected chi connectivity index (χ1v) is 12.6. The summed E-state index contributed by atoms with van der Waals surface area (Å²) < 4.78 is 15.4. The molecule has 1 aliphatic heterocycles. The van der Waals surface area contributed by atoms with Crippen molar-refractivity contribution in [1.82, 2.24) is 0 Å². The zero-order valence-electron chi connectivity index (χ0n) is 18.2. The number of carbonyl (C=O) groups excluding carboxylic acids is 2. The van der Waals surface area contributed by atoms with Gasteiger partial charge in [0.05, 0.1) is 11.2 Å². The second-order valence-electron chi connectivity index (χ2n) is 8.60. The summed E-state index contributed by atoms with van der Waals surface area (Å²) in [6.45, 7) is 8.14. The van der Waals surface area contributed by atoms with Gasteiger partial charge in [-0.15, -0.1) is 22.7 Å². The molecule has 164 valence electrons. The molecular formula is C24H22BBrO4S2. The number of halogens is 1. The van der Waals surface area contributed by atoms with E-state index in [1.165, 1.54) is 0 Å². The Morgan fingerprint density at radius 3 is 1.84 bits per heavy atom. The minimum Gasteiger partial charge on any atom is -0.399 e. The van der Waals surface area contributed by atoms with Gasteiger partial charge in [0.2, 0.25) is 0 Å². The van der Waals surface area contributed by atoms with E-state index in [-0.39, 0.29) is 18.3 Å². The molecule has 1 saturated heterocycles. The van der Waals surface area contributed by atoms with Crippen LogP contribution in [0.15, 0.2) is 51.6 Å². The number of benzene rings is 2. The molecule has 0 N–H and O–H groups in total. The van der Waals surface area contributed by atoms with Crippen LogP contribution in [0.3, 0.4) is 0 Å². The van der Waals surface area contributed by atoms with Crippen LogP contribution in [0.5, 0.6) is 0 Å². The zero-order chi connectivity index (χ0) is 23.1. The van der Waals surface area contributed by atoms with Crippen LogP contribution >= 0.6 is 38.6 Å². The number of thiophene rings is 2. The summed E-state index contributed by atoms with van der Waals surface area (Å²) >= 11 is 6.54. The van der Waals surface area contributed by atoms with Crippen molar-refractivity contribution in [2.24, 2.45) is 0 Å². The van der Waals surface area contributed by atoms with Crippen LogP contribution < -0.4 is 5.46 Å². The minimum absolute atomic E-state index is 0.352. The summed E-state index contributed by atoms with van der Waals surface area (Å²) in [5.41, 5.74) is 1.75. The summed E-state index contributed by atoms with van der Waals surface area (Å²) in [5.74, 6) is 0. The fraction of sp³-hybridized carbons (Fsp3) is 0.250. The van der Waals surface area contributed by atoms with E-state index < -0.39 is 0 Å². The Kier molecular flexibility index (Phi) is 6.44. The first-order chi connectivity index (χ1) is 15.1. The van der Waals surface area contributed by atoms with Gasteiger partial charge in [-0.25, -0.2) is 0 Å². The molecule has 1 fully saturated rings. The molecule has 0 unspecified atom stereocenters. The normalized spacial score (nSPS) is 16.7. The zero-order valence-corrected chi connectivity index (χ0v) is 21.4. The fourth-order valence-corrected chi connectivity index (χ4v) is 5.53. The number of hydrogen-bond acceptors (Lipinski definition) is 6. The van der Waals surface area contributed by atoms with Gasteiger partial charge in [-0.3, -0.25) is 9.59 Å². The predicted octanol–water partition coefficient (Wildman–Crippen LogP) is 6.49. The molecule has 0 aliphatic carbocycles. The van der Waals surface area contributed by atoms with Crippen molar-refractivity contribution in [1.29, 1.82) is 0 Å². The Balaban J connectivity index is 0.000000174. The number of hydrogen-bond donors (Lipinski definition) is 0. The lowest BCUT2D eigenvalue weighted by atomic mass is 9.78. The Bertz CT molecular complexity index is 1290. The van der Waals surface area contributed by atoms with E-state index in [1.807, 2.05) is 74.9 Å². The third-order valence-corrected chi connectivity index (χ3v) is 8.43. The van der Waals surface area contributed by atoms with E-state index in [4.69, 9.17) is 9.31 Å². The Labute approximate surface area is 203 Å². The number of aldehydes is 2. The Hall–Kier alpha value is -1.84. The molecule has 32 heavy (non-hydrogen) atoms. The second kappa shape index (κ2) is 8.84. The molecule has 1 aliphatic rings. The van der Waals surface area contributed by atoms with Crippen molar-refractivity contribution in [2.75, 3.05) is 0 Å². The molecule has 8 heteroatoms. The van der Waals surface area contributed by atoms with E-state index in [0.717, 1.165) is 53.8 Å². The molecule has 0 atom stereocenters. The predicted molar refractivity (Wildman–Crippen MR) is 138 cm³/mol. The van der Waals surface area contributed by atoms with Crippen molar-refractivity contribution in [2.45, 2.75) is 38.9 Å². The fourth-order valence-electron chi connectivity index (χ4n) is 3.40. The summed E-state index contributed by atoms with van der Waals surface area (Å²) in [6.07, 6.45) is 1.79. The standard InChI is InChI=1S/C15H17BO3S.C9H5BrOS/c1-14(2)15(3,4)19-16(18-14)11-5-6-13-12(7-11)10(8-17)9-20-13;10-7-1-2-9-8(3-7)6(4-11)5-12-9/h5-9H,1-4H3;1-5H. The Morgan fingerprint density at radius 2 is 1.31 bits per heavy atom. The highest BCUT2D eigenvalue weighted by Gasteiger charge is 2.51. The number of fused-ring (bicyclic) bond motifs is 2. The van der Waals surface area contributed by atoms with Crippen LogP contribution in [0.25, 0.3) is 20.2 Å². The third kappa shape index (κ3) is 4.34. The molecule has 2 aromatic heterocycles. The van der Waals surface area contributed by atoms with Crippen LogP contribution in [0.2, 0.25) is 0 Å². The molecular weight excluding hydrogens is 507 g/mol. The van der Waals surface area contributed by atoms with E-state index in [9.17, 15) is 9.59 Å². The molecule has 0 bridgehead atoms. The minimum atomic E-state index is -0.385. The van der Waals surface area contributed by atoms with Crippen LogP contribution in [0.4, 0.5) is 0 Å². The van der Waals surface area contributed by atoms with Crippen molar-refractivity contribution < 1.29 is 18.9 Å². The van der Waals surface area contributed by atoms with Gasteiger partial charge in [-0.1, -0.05) is 28.1 Å². The summed E-state index contributed by atoms with van der Waals surface area (Å²) in [5, 5.41) is 5.76. The lowest BCUT2D eigenvalue weighted by Crippen LogP contribution is -2.41. The van der Waals surface area contributed by atoms with Gasteiger partial charge in [0.25, 0.3) is 0 Å². The molecule has 0 amide bonds. The topological polar surface area (TPSA) is 52.6 Å². The van der Waals surface area contributed by atoms with Gasteiger partial charge in [0.15, 0.2) is 12.6 Å². The maximum absolute atomic E-state index is 11.1. The van der Waals surface area contributed by atoms with Crippen LogP contribution in [-0.4, -0.2) is 30.9 Å². The highest BCUT2D eigenvalue weighted by Crippen LogP contribution is 2.37. The van der Waals surface area contributed by atoms with Crippen molar-refractivity contribution in [3.8, 4) is 0 Å². The Morgan fingerprint density at radius 1 is 0.812 bits per heavy atom. The number of rotatable bonds is 3. The summed E-state index contributed by atoms with van der Waals surface area (Å²) in [6, 6.07) is 12.0. The summed E-state index contributed by atoms with van der Waals surface area (Å²) in [4.78, 5) is 21.6. The molecule has 0 saturated carbocycles. The maximum atomic E-state index is 11.1. The highest BCUT2D eigenvalue weighted by atomic mass is 79.9. The van der Waals surface area contributed by atoms with Gasteiger partial charge in [-0.05, 0) is 57.4 Å². The lowest BCUT2D eigenvalue weighted by molar-refractivity contribution is 0.00578. The van der Waals surface area contributed by atoms with E-state index in [0.29, 0.717) is 0 Å². The molecule has 5 rings (SSSR count). The average Bonchev–Trinajstić information content (AvgIpc) is 3.41. The molecule has 3 heterocycles. The quantitative estimate of drug-likeness (QED) is 0.225. The molecule has 2 aromatic carbocycles. The van der Waals surface area contributed by atoms with Gasteiger partial charge in [-0.2, -0.15) is 0 Å². The van der Waals surface area contributed by atoms with E-state index >= 15 is 0 Å². The largest absolute Gasteiger partial charge is 0.494 e. The third-order valence-electron chi connectivity index (χ3n) is 5.97. The van der Waals surface area contributed by atoms with Crippen LogP contribution in [-0.2, 0) is 9.31 Å². The molecule has 0 spiro atoms. The van der Waals surface area contributed by atoms with Crippen molar-refractivity contribution in [3.63, 3.8) is 0 Å². The van der Waals surface area contributed by atoms with E-state index in [2.05, 4.69) is 15.9 Å². The SMILES string of the molecule is CC1(C)OB(c2ccc3scc(C=O)c3c2)OC1(C)C.O=Cc1csc2ccc(Br)cc12. The highest BCUT2D eigenvalue weighted by molar-refractivity contribution is 9.10. The van der Waals surface area contributed by atoms with Gasteiger partial charge in [0, 0.05) is 46.5 Å². The molecule has 4 aromatic rings. The van der Waals surface area contributed by atoms with Crippen molar-refractivity contribution >= 4 is 83.9 Å². The number of carbonyl (C=O) groups is 2. The van der Waals surface area contributed by atoms with Crippen LogP contribution in [0, 0.1) is 0 Å². The maximum Gasteiger partial charge on any atom is 0.494 e. The van der Waals surface area contributed by atoms with Gasteiger partial charge < -0.3 is 9.31 Å². The average molecular weight is 529 g/mol.